The van der Waals surface area contributed by atoms with E-state index in [-0.39, 0.29) is 28.6 Å². The number of nitrogens with one attached hydrogen (secondary N) is 1. The molecule has 0 saturated heterocycles. The highest BCUT2D eigenvalue weighted by atomic mass is 16.4. The third kappa shape index (κ3) is 2.90. The van der Waals surface area contributed by atoms with Crippen LogP contribution in [0.2, 0.25) is 0 Å². The Bertz CT molecular complexity index is 516. The van der Waals surface area contributed by atoms with Crippen molar-refractivity contribution >= 4 is 23.5 Å². The predicted molar refractivity (Wildman–Crippen MR) is 66.3 cm³/mol. The summed E-state index contributed by atoms with van der Waals surface area (Å²) in [4.78, 5) is 33.6. The zero-order valence-electron chi connectivity index (χ0n) is 10.0. The van der Waals surface area contributed by atoms with Gasteiger partial charge in [0.15, 0.2) is 0 Å². The third-order valence-corrected chi connectivity index (χ3v) is 3.17. The van der Waals surface area contributed by atoms with Crippen molar-refractivity contribution in [1.29, 1.82) is 0 Å². The highest BCUT2D eigenvalue weighted by Crippen LogP contribution is 2.28. The standard InChI is InChI=1S/C13H13NO5/c15-11(7-2-1-3-7)14-10-5-8(12(16)17)4-9(6-10)13(18)19/h4-7H,1-3H2,(H,14,15)(H,16,17)(H,18,19). The summed E-state index contributed by atoms with van der Waals surface area (Å²) in [6.45, 7) is 0. The van der Waals surface area contributed by atoms with Gasteiger partial charge in [-0.15, -0.1) is 0 Å². The van der Waals surface area contributed by atoms with E-state index in [1.807, 2.05) is 0 Å². The molecule has 1 aliphatic carbocycles. The smallest absolute Gasteiger partial charge is 0.335 e. The maximum atomic E-state index is 11.8. The van der Waals surface area contributed by atoms with Gasteiger partial charge in [0, 0.05) is 11.6 Å². The Morgan fingerprint density at radius 2 is 1.53 bits per heavy atom. The molecule has 6 nitrogen and oxygen atoms in total. The molecule has 1 saturated carbocycles. The zero-order chi connectivity index (χ0) is 14.0. The van der Waals surface area contributed by atoms with E-state index in [0.29, 0.717) is 0 Å². The second-order valence-electron chi connectivity index (χ2n) is 4.53. The molecular formula is C13H13NO5. The van der Waals surface area contributed by atoms with Gasteiger partial charge in [-0.3, -0.25) is 4.79 Å². The van der Waals surface area contributed by atoms with Crippen LogP contribution in [0.1, 0.15) is 40.0 Å². The number of hydrogen-bond acceptors (Lipinski definition) is 3. The Morgan fingerprint density at radius 1 is 1.00 bits per heavy atom. The van der Waals surface area contributed by atoms with Crippen LogP contribution in [0.15, 0.2) is 18.2 Å². The van der Waals surface area contributed by atoms with Crippen LogP contribution < -0.4 is 5.32 Å². The molecule has 0 unspecified atom stereocenters. The number of anilines is 1. The maximum absolute atomic E-state index is 11.8. The highest BCUT2D eigenvalue weighted by Gasteiger charge is 2.25. The molecule has 1 aromatic carbocycles. The molecule has 19 heavy (non-hydrogen) atoms. The van der Waals surface area contributed by atoms with Crippen molar-refractivity contribution in [1.82, 2.24) is 0 Å². The minimum Gasteiger partial charge on any atom is -0.478 e. The van der Waals surface area contributed by atoms with Crippen LogP contribution >= 0.6 is 0 Å². The normalized spacial score (nSPS) is 14.5. The Kier molecular flexibility index (Phi) is 3.50. The molecule has 0 radical (unpaired) electrons. The Morgan fingerprint density at radius 3 is 1.89 bits per heavy atom. The molecule has 0 spiro atoms. The molecule has 1 aromatic rings. The van der Waals surface area contributed by atoms with E-state index in [1.54, 1.807) is 0 Å². The fourth-order valence-corrected chi connectivity index (χ4v) is 1.86. The summed E-state index contributed by atoms with van der Waals surface area (Å²) >= 11 is 0. The number of carboxylic acids is 2. The number of benzene rings is 1. The molecule has 0 heterocycles. The zero-order valence-corrected chi connectivity index (χ0v) is 10.0. The predicted octanol–water partition coefficient (Wildman–Crippen LogP) is 1.82. The summed E-state index contributed by atoms with van der Waals surface area (Å²) in [7, 11) is 0. The SMILES string of the molecule is O=C(O)c1cc(NC(=O)C2CCC2)cc(C(=O)O)c1. The van der Waals surface area contributed by atoms with Crippen LogP contribution in [0.4, 0.5) is 5.69 Å². The number of amides is 1. The van der Waals surface area contributed by atoms with E-state index in [2.05, 4.69) is 5.32 Å². The second kappa shape index (κ2) is 5.09. The van der Waals surface area contributed by atoms with E-state index in [0.717, 1.165) is 25.3 Å². The molecule has 3 N–H and O–H groups in total. The molecule has 1 amide bonds. The minimum atomic E-state index is -1.23. The molecule has 1 fully saturated rings. The van der Waals surface area contributed by atoms with Gasteiger partial charge >= 0.3 is 11.9 Å². The van der Waals surface area contributed by atoms with Gasteiger partial charge in [0.25, 0.3) is 0 Å². The van der Waals surface area contributed by atoms with Gasteiger partial charge in [0.05, 0.1) is 11.1 Å². The fraction of sp³-hybridized carbons (Fsp3) is 0.308. The molecule has 0 aliphatic heterocycles. The number of aromatic carboxylic acids is 2. The second-order valence-corrected chi connectivity index (χ2v) is 4.53. The Labute approximate surface area is 109 Å². The number of carbonyl (C=O) groups is 3. The van der Waals surface area contributed by atoms with Gasteiger partial charge in [0.1, 0.15) is 0 Å². The minimum absolute atomic E-state index is 0.0539. The van der Waals surface area contributed by atoms with Gasteiger partial charge < -0.3 is 15.5 Å². The van der Waals surface area contributed by atoms with Crippen molar-refractivity contribution < 1.29 is 24.6 Å². The van der Waals surface area contributed by atoms with Crippen LogP contribution in [0.5, 0.6) is 0 Å². The summed E-state index contributed by atoms with van der Waals surface area (Å²) < 4.78 is 0. The Hall–Kier alpha value is -2.37. The van der Waals surface area contributed by atoms with E-state index < -0.39 is 11.9 Å². The van der Waals surface area contributed by atoms with Crippen molar-refractivity contribution in [2.75, 3.05) is 5.32 Å². The van der Waals surface area contributed by atoms with Crippen LogP contribution in [-0.4, -0.2) is 28.1 Å². The van der Waals surface area contributed by atoms with Gasteiger partial charge in [0.2, 0.25) is 5.91 Å². The highest BCUT2D eigenvalue weighted by molar-refractivity contribution is 5.99. The lowest BCUT2D eigenvalue weighted by molar-refractivity contribution is -0.122. The van der Waals surface area contributed by atoms with E-state index in [9.17, 15) is 14.4 Å². The lowest BCUT2D eigenvalue weighted by atomic mass is 9.85. The van der Waals surface area contributed by atoms with Crippen LogP contribution in [-0.2, 0) is 4.79 Å². The first-order chi connectivity index (χ1) is 8.97. The summed E-state index contributed by atoms with van der Waals surface area (Å²) in [6.07, 6.45) is 2.64. The van der Waals surface area contributed by atoms with Crippen LogP contribution in [0, 0.1) is 5.92 Å². The molecule has 0 aromatic heterocycles. The molecular weight excluding hydrogens is 250 g/mol. The first-order valence-electron chi connectivity index (χ1n) is 5.90. The summed E-state index contributed by atoms with van der Waals surface area (Å²) in [5.74, 6) is -2.71. The summed E-state index contributed by atoms with van der Waals surface area (Å²) in [6, 6.07) is 3.57. The fourth-order valence-electron chi connectivity index (χ4n) is 1.86. The number of carbonyl (C=O) groups excluding carboxylic acids is 1. The molecule has 6 heteroatoms. The quantitative estimate of drug-likeness (QED) is 0.768. The van der Waals surface area contributed by atoms with E-state index >= 15 is 0 Å². The number of carboxylic acid groups (broad SMARTS) is 2. The summed E-state index contributed by atoms with van der Waals surface area (Å²) in [5, 5.41) is 20.4. The Balaban J connectivity index is 2.25. The van der Waals surface area contributed by atoms with Crippen molar-refractivity contribution in [2.45, 2.75) is 19.3 Å². The lowest BCUT2D eigenvalue weighted by Gasteiger charge is -2.24. The van der Waals surface area contributed by atoms with Crippen LogP contribution in [0.25, 0.3) is 0 Å². The first kappa shape index (κ1) is 13.1. The van der Waals surface area contributed by atoms with E-state index in [4.69, 9.17) is 10.2 Å². The average molecular weight is 263 g/mol. The summed E-state index contributed by atoms with van der Waals surface area (Å²) in [5.41, 5.74) is -0.123. The van der Waals surface area contributed by atoms with Crippen molar-refractivity contribution in [2.24, 2.45) is 5.92 Å². The molecule has 1 aliphatic rings. The topological polar surface area (TPSA) is 104 Å². The van der Waals surface area contributed by atoms with Gasteiger partial charge in [-0.1, -0.05) is 6.42 Å². The third-order valence-electron chi connectivity index (χ3n) is 3.17. The van der Waals surface area contributed by atoms with E-state index in [1.165, 1.54) is 12.1 Å². The average Bonchev–Trinajstić information content (AvgIpc) is 2.25. The van der Waals surface area contributed by atoms with Gasteiger partial charge in [-0.2, -0.15) is 0 Å². The lowest BCUT2D eigenvalue weighted by Crippen LogP contribution is -2.28. The van der Waals surface area contributed by atoms with Gasteiger partial charge in [-0.25, -0.2) is 9.59 Å². The largest absolute Gasteiger partial charge is 0.478 e. The van der Waals surface area contributed by atoms with Crippen molar-refractivity contribution in [3.05, 3.63) is 29.3 Å². The molecule has 0 bridgehead atoms. The first-order valence-corrected chi connectivity index (χ1v) is 5.90. The number of rotatable bonds is 4. The molecule has 0 atom stereocenters. The van der Waals surface area contributed by atoms with Crippen LogP contribution in [0.3, 0.4) is 0 Å². The molecule has 2 rings (SSSR count). The van der Waals surface area contributed by atoms with Gasteiger partial charge in [-0.05, 0) is 31.0 Å². The van der Waals surface area contributed by atoms with Crippen molar-refractivity contribution in [3.8, 4) is 0 Å². The number of hydrogen-bond donors (Lipinski definition) is 3. The van der Waals surface area contributed by atoms with Crippen molar-refractivity contribution in [3.63, 3.8) is 0 Å². The monoisotopic (exact) mass is 263 g/mol. The maximum Gasteiger partial charge on any atom is 0.335 e. The molecule has 100 valence electrons.